The van der Waals surface area contributed by atoms with E-state index in [0.717, 1.165) is 0 Å². The predicted octanol–water partition coefficient (Wildman–Crippen LogP) is 1.60. The fourth-order valence-electron chi connectivity index (χ4n) is 2.10. The molecular formula is C15H20N2O2. The Morgan fingerprint density at radius 3 is 2.37 bits per heavy atom. The summed E-state index contributed by atoms with van der Waals surface area (Å²) in [7, 11) is 0. The number of benzene rings is 1. The van der Waals surface area contributed by atoms with Crippen LogP contribution in [0.3, 0.4) is 0 Å². The number of carbonyl (C=O) groups excluding carboxylic acids is 2. The molecule has 1 aliphatic heterocycles. The Balaban J connectivity index is 2.02. The van der Waals surface area contributed by atoms with Gasteiger partial charge in [-0.3, -0.25) is 9.59 Å². The molecule has 1 saturated heterocycles. The summed E-state index contributed by atoms with van der Waals surface area (Å²) in [6, 6.07) is 7.53. The minimum atomic E-state index is -0.123. The van der Waals surface area contributed by atoms with Crippen molar-refractivity contribution in [1.29, 1.82) is 0 Å². The molecule has 0 radical (unpaired) electrons. The number of rotatable bonds is 2. The van der Waals surface area contributed by atoms with Gasteiger partial charge in [0.15, 0.2) is 0 Å². The zero-order valence-corrected chi connectivity index (χ0v) is 11.6. The van der Waals surface area contributed by atoms with Gasteiger partial charge < -0.3 is 10.6 Å². The van der Waals surface area contributed by atoms with E-state index >= 15 is 0 Å². The molecule has 0 aromatic heterocycles. The SMILES string of the molecule is CC(C)(C)c1ccc(C(=O)NC2CNC(=O)C2)cc1. The van der Waals surface area contributed by atoms with Gasteiger partial charge in [0.25, 0.3) is 5.91 Å². The number of carbonyl (C=O) groups is 2. The van der Waals surface area contributed by atoms with E-state index in [1.165, 1.54) is 5.56 Å². The van der Waals surface area contributed by atoms with E-state index in [-0.39, 0.29) is 23.3 Å². The first kappa shape index (κ1) is 13.6. The minimum absolute atomic E-state index is 0.00613. The highest BCUT2D eigenvalue weighted by Gasteiger charge is 2.23. The van der Waals surface area contributed by atoms with Gasteiger partial charge in [0, 0.05) is 18.5 Å². The molecule has 1 aromatic rings. The maximum Gasteiger partial charge on any atom is 0.251 e. The van der Waals surface area contributed by atoms with Crippen molar-refractivity contribution in [1.82, 2.24) is 10.6 Å². The van der Waals surface area contributed by atoms with Gasteiger partial charge in [0.05, 0.1) is 6.04 Å². The quantitative estimate of drug-likeness (QED) is 0.848. The molecule has 2 rings (SSSR count). The van der Waals surface area contributed by atoms with Crippen molar-refractivity contribution in [2.75, 3.05) is 6.54 Å². The van der Waals surface area contributed by atoms with E-state index in [1.54, 1.807) is 0 Å². The average molecular weight is 260 g/mol. The molecule has 0 spiro atoms. The van der Waals surface area contributed by atoms with Crippen molar-refractivity contribution in [2.45, 2.75) is 38.6 Å². The van der Waals surface area contributed by atoms with Crippen molar-refractivity contribution in [3.05, 3.63) is 35.4 Å². The second-order valence-electron chi connectivity index (χ2n) is 6.01. The zero-order chi connectivity index (χ0) is 14.0. The molecule has 1 heterocycles. The van der Waals surface area contributed by atoms with Crippen LogP contribution in [-0.4, -0.2) is 24.4 Å². The van der Waals surface area contributed by atoms with Gasteiger partial charge in [-0.05, 0) is 23.1 Å². The molecule has 1 atom stereocenters. The van der Waals surface area contributed by atoms with Crippen LogP contribution in [0.4, 0.5) is 0 Å². The lowest BCUT2D eigenvalue weighted by Crippen LogP contribution is -2.36. The smallest absolute Gasteiger partial charge is 0.251 e. The molecule has 19 heavy (non-hydrogen) atoms. The van der Waals surface area contributed by atoms with Gasteiger partial charge in [0.1, 0.15) is 0 Å². The molecule has 0 aliphatic carbocycles. The van der Waals surface area contributed by atoms with Gasteiger partial charge in [-0.15, -0.1) is 0 Å². The molecule has 4 heteroatoms. The molecule has 1 aromatic carbocycles. The van der Waals surface area contributed by atoms with Gasteiger partial charge in [-0.2, -0.15) is 0 Å². The number of hydrogen-bond donors (Lipinski definition) is 2. The van der Waals surface area contributed by atoms with Crippen LogP contribution in [0.25, 0.3) is 0 Å². The Bertz CT molecular complexity index is 486. The maximum absolute atomic E-state index is 12.0. The lowest BCUT2D eigenvalue weighted by atomic mass is 9.86. The fraction of sp³-hybridized carbons (Fsp3) is 0.467. The molecule has 4 nitrogen and oxygen atoms in total. The first-order valence-electron chi connectivity index (χ1n) is 6.54. The van der Waals surface area contributed by atoms with Crippen LogP contribution in [0, 0.1) is 0 Å². The fourth-order valence-corrected chi connectivity index (χ4v) is 2.10. The first-order chi connectivity index (χ1) is 8.86. The Morgan fingerprint density at radius 2 is 1.89 bits per heavy atom. The zero-order valence-electron chi connectivity index (χ0n) is 11.6. The third-order valence-electron chi connectivity index (χ3n) is 3.33. The van der Waals surface area contributed by atoms with Crippen molar-refractivity contribution in [2.24, 2.45) is 0 Å². The van der Waals surface area contributed by atoms with Crippen LogP contribution in [0.5, 0.6) is 0 Å². The summed E-state index contributed by atoms with van der Waals surface area (Å²) in [4.78, 5) is 23.1. The number of nitrogens with one attached hydrogen (secondary N) is 2. The molecule has 2 amide bonds. The van der Waals surface area contributed by atoms with Gasteiger partial charge in [-0.1, -0.05) is 32.9 Å². The van der Waals surface area contributed by atoms with Crippen LogP contribution in [-0.2, 0) is 10.2 Å². The Morgan fingerprint density at radius 1 is 1.26 bits per heavy atom. The Labute approximate surface area is 113 Å². The molecule has 2 N–H and O–H groups in total. The first-order valence-corrected chi connectivity index (χ1v) is 6.54. The topological polar surface area (TPSA) is 58.2 Å². The highest BCUT2D eigenvalue weighted by molar-refractivity contribution is 5.95. The molecule has 1 unspecified atom stereocenters. The highest BCUT2D eigenvalue weighted by atomic mass is 16.2. The van der Waals surface area contributed by atoms with Crippen LogP contribution in [0.1, 0.15) is 43.1 Å². The summed E-state index contributed by atoms with van der Waals surface area (Å²) in [6.45, 7) is 6.93. The minimum Gasteiger partial charge on any atom is -0.354 e. The molecule has 0 bridgehead atoms. The Kier molecular flexibility index (Phi) is 3.60. The highest BCUT2D eigenvalue weighted by Crippen LogP contribution is 2.22. The average Bonchev–Trinajstić information content (AvgIpc) is 2.74. The summed E-state index contributed by atoms with van der Waals surface area (Å²) < 4.78 is 0. The van der Waals surface area contributed by atoms with Crippen molar-refractivity contribution < 1.29 is 9.59 Å². The van der Waals surface area contributed by atoms with Gasteiger partial charge in [0.2, 0.25) is 5.91 Å². The normalized spacial score (nSPS) is 19.1. The summed E-state index contributed by atoms with van der Waals surface area (Å²) >= 11 is 0. The number of hydrogen-bond acceptors (Lipinski definition) is 2. The van der Waals surface area contributed by atoms with E-state index < -0.39 is 0 Å². The van der Waals surface area contributed by atoms with E-state index in [2.05, 4.69) is 31.4 Å². The monoisotopic (exact) mass is 260 g/mol. The largest absolute Gasteiger partial charge is 0.354 e. The molecule has 1 fully saturated rings. The van der Waals surface area contributed by atoms with E-state index in [0.29, 0.717) is 18.5 Å². The maximum atomic E-state index is 12.0. The van der Waals surface area contributed by atoms with E-state index in [9.17, 15) is 9.59 Å². The predicted molar refractivity (Wildman–Crippen MR) is 74.0 cm³/mol. The standard InChI is InChI=1S/C15H20N2O2/c1-15(2,3)11-6-4-10(5-7-11)14(19)17-12-8-13(18)16-9-12/h4-7,12H,8-9H2,1-3H3,(H,16,18)(H,17,19). The number of amides is 2. The lowest BCUT2D eigenvalue weighted by Gasteiger charge is -2.19. The van der Waals surface area contributed by atoms with Crippen LogP contribution < -0.4 is 10.6 Å². The van der Waals surface area contributed by atoms with Gasteiger partial charge >= 0.3 is 0 Å². The van der Waals surface area contributed by atoms with Crippen molar-refractivity contribution in [3.8, 4) is 0 Å². The molecule has 1 aliphatic rings. The van der Waals surface area contributed by atoms with Crippen molar-refractivity contribution in [3.63, 3.8) is 0 Å². The van der Waals surface area contributed by atoms with Crippen LogP contribution in [0.15, 0.2) is 24.3 Å². The second-order valence-corrected chi connectivity index (χ2v) is 6.01. The van der Waals surface area contributed by atoms with E-state index in [1.807, 2.05) is 24.3 Å². The second kappa shape index (κ2) is 5.03. The summed E-state index contributed by atoms with van der Waals surface area (Å²) in [5.41, 5.74) is 1.91. The third-order valence-corrected chi connectivity index (χ3v) is 3.33. The van der Waals surface area contributed by atoms with E-state index in [4.69, 9.17) is 0 Å². The van der Waals surface area contributed by atoms with Crippen molar-refractivity contribution >= 4 is 11.8 Å². The summed E-state index contributed by atoms with van der Waals surface area (Å²) in [5.74, 6) is -0.129. The molecular weight excluding hydrogens is 240 g/mol. The third kappa shape index (κ3) is 3.34. The molecule has 0 saturated carbocycles. The summed E-state index contributed by atoms with van der Waals surface area (Å²) in [6.07, 6.45) is 0.367. The Hall–Kier alpha value is -1.84. The van der Waals surface area contributed by atoms with Gasteiger partial charge in [-0.25, -0.2) is 0 Å². The molecule has 102 valence electrons. The van der Waals surface area contributed by atoms with Crippen LogP contribution >= 0.6 is 0 Å². The summed E-state index contributed by atoms with van der Waals surface area (Å²) in [5, 5.41) is 5.56. The lowest BCUT2D eigenvalue weighted by molar-refractivity contribution is -0.119. The van der Waals surface area contributed by atoms with Crippen LogP contribution in [0.2, 0.25) is 0 Å².